The fourth-order valence-electron chi connectivity index (χ4n) is 2.51. The summed E-state index contributed by atoms with van der Waals surface area (Å²) in [5.74, 6) is 1.23. The molecule has 28 heavy (non-hydrogen) atoms. The van der Waals surface area contributed by atoms with Crippen LogP contribution in [-0.4, -0.2) is 19.1 Å². The zero-order valence-electron chi connectivity index (χ0n) is 15.2. The van der Waals surface area contributed by atoms with Crippen LogP contribution in [0.3, 0.4) is 0 Å². The third kappa shape index (κ3) is 5.50. The van der Waals surface area contributed by atoms with Crippen LogP contribution >= 0.6 is 27.5 Å². The number of ether oxygens (including phenoxy) is 2. The highest BCUT2D eigenvalue weighted by atomic mass is 79.9. The van der Waals surface area contributed by atoms with Gasteiger partial charge in [0, 0.05) is 16.3 Å². The standard InChI is InChI=1S/C22H19BrClNO3/c1-15-7-9-17(24)14-20(15)25-22(26)16-8-10-21(19(23)13-16)28-12-11-27-18-5-3-2-4-6-18/h2-10,13-14H,11-12H2,1H3,(H,25,26). The number of hydrogen-bond acceptors (Lipinski definition) is 3. The van der Waals surface area contributed by atoms with Crippen molar-refractivity contribution in [1.82, 2.24) is 0 Å². The van der Waals surface area contributed by atoms with E-state index in [9.17, 15) is 4.79 Å². The molecule has 0 atom stereocenters. The molecule has 1 amide bonds. The predicted octanol–water partition coefficient (Wildman–Crippen LogP) is 6.12. The minimum Gasteiger partial charge on any atom is -0.490 e. The lowest BCUT2D eigenvalue weighted by Gasteiger charge is -2.12. The Morgan fingerprint density at radius 1 is 1.00 bits per heavy atom. The minimum atomic E-state index is -0.218. The van der Waals surface area contributed by atoms with Gasteiger partial charge in [-0.15, -0.1) is 0 Å². The van der Waals surface area contributed by atoms with Gasteiger partial charge < -0.3 is 14.8 Å². The van der Waals surface area contributed by atoms with E-state index in [2.05, 4.69) is 21.2 Å². The molecule has 0 bridgehead atoms. The molecule has 0 saturated carbocycles. The molecule has 3 aromatic carbocycles. The number of halogens is 2. The highest BCUT2D eigenvalue weighted by Gasteiger charge is 2.11. The van der Waals surface area contributed by atoms with Gasteiger partial charge in [0.15, 0.2) is 0 Å². The maximum atomic E-state index is 12.5. The smallest absolute Gasteiger partial charge is 0.255 e. The maximum Gasteiger partial charge on any atom is 0.255 e. The molecule has 3 aromatic rings. The molecule has 144 valence electrons. The van der Waals surface area contributed by atoms with E-state index in [1.54, 1.807) is 30.3 Å². The summed E-state index contributed by atoms with van der Waals surface area (Å²) < 4.78 is 12.0. The van der Waals surface area contributed by atoms with E-state index in [1.165, 1.54) is 0 Å². The van der Waals surface area contributed by atoms with Crippen LogP contribution in [0, 0.1) is 6.92 Å². The Morgan fingerprint density at radius 2 is 1.75 bits per heavy atom. The number of benzene rings is 3. The Hall–Kier alpha value is -2.50. The Bertz CT molecular complexity index is 963. The van der Waals surface area contributed by atoms with Crippen molar-refractivity contribution in [3.63, 3.8) is 0 Å². The van der Waals surface area contributed by atoms with E-state index in [0.29, 0.717) is 39.7 Å². The molecular weight excluding hydrogens is 442 g/mol. The van der Waals surface area contributed by atoms with E-state index in [1.807, 2.05) is 43.3 Å². The number of amides is 1. The number of carbonyl (C=O) groups is 1. The van der Waals surface area contributed by atoms with Gasteiger partial charge in [-0.2, -0.15) is 0 Å². The van der Waals surface area contributed by atoms with Gasteiger partial charge in [0.1, 0.15) is 24.7 Å². The van der Waals surface area contributed by atoms with Gasteiger partial charge >= 0.3 is 0 Å². The molecule has 0 heterocycles. The largest absolute Gasteiger partial charge is 0.490 e. The van der Waals surface area contributed by atoms with Gasteiger partial charge in [-0.25, -0.2) is 0 Å². The first-order valence-corrected chi connectivity index (χ1v) is 9.88. The zero-order valence-corrected chi connectivity index (χ0v) is 17.6. The summed E-state index contributed by atoms with van der Waals surface area (Å²) >= 11 is 9.46. The van der Waals surface area contributed by atoms with Crippen LogP contribution in [-0.2, 0) is 0 Å². The van der Waals surface area contributed by atoms with Gasteiger partial charge in [-0.3, -0.25) is 4.79 Å². The van der Waals surface area contributed by atoms with E-state index in [0.717, 1.165) is 11.3 Å². The van der Waals surface area contributed by atoms with Gasteiger partial charge in [0.2, 0.25) is 0 Å². The predicted molar refractivity (Wildman–Crippen MR) is 116 cm³/mol. The number of para-hydroxylation sites is 1. The van der Waals surface area contributed by atoms with Crippen LogP contribution in [0.25, 0.3) is 0 Å². The molecule has 0 unspecified atom stereocenters. The average Bonchev–Trinajstić information content (AvgIpc) is 2.69. The van der Waals surface area contributed by atoms with Crippen LogP contribution in [0.5, 0.6) is 11.5 Å². The highest BCUT2D eigenvalue weighted by Crippen LogP contribution is 2.27. The molecule has 4 nitrogen and oxygen atoms in total. The molecular formula is C22H19BrClNO3. The first-order valence-electron chi connectivity index (χ1n) is 8.70. The van der Waals surface area contributed by atoms with Crippen LogP contribution in [0.2, 0.25) is 5.02 Å². The van der Waals surface area contributed by atoms with Crippen molar-refractivity contribution in [3.8, 4) is 11.5 Å². The average molecular weight is 461 g/mol. The summed E-state index contributed by atoms with van der Waals surface area (Å²) in [6.07, 6.45) is 0. The van der Waals surface area contributed by atoms with Gasteiger partial charge in [0.05, 0.1) is 4.47 Å². The second kappa shape index (κ2) is 9.62. The molecule has 0 aliphatic carbocycles. The lowest BCUT2D eigenvalue weighted by molar-refractivity contribution is 0.102. The van der Waals surface area contributed by atoms with Crippen molar-refractivity contribution < 1.29 is 14.3 Å². The van der Waals surface area contributed by atoms with E-state index >= 15 is 0 Å². The number of anilines is 1. The topological polar surface area (TPSA) is 47.6 Å². The quantitative estimate of drug-likeness (QED) is 0.432. The van der Waals surface area contributed by atoms with Gasteiger partial charge in [0.25, 0.3) is 5.91 Å². The molecule has 1 N–H and O–H groups in total. The second-order valence-corrected chi connectivity index (χ2v) is 7.36. The third-order valence-electron chi connectivity index (χ3n) is 3.99. The van der Waals surface area contributed by atoms with Crippen molar-refractivity contribution >= 4 is 39.1 Å². The van der Waals surface area contributed by atoms with E-state index in [-0.39, 0.29) is 5.91 Å². The summed E-state index contributed by atoms with van der Waals surface area (Å²) in [4.78, 5) is 12.5. The summed E-state index contributed by atoms with van der Waals surface area (Å²) in [7, 11) is 0. The summed E-state index contributed by atoms with van der Waals surface area (Å²) in [6, 6.07) is 20.1. The Labute approximate surface area is 177 Å². The first kappa shape index (κ1) is 20.2. The van der Waals surface area contributed by atoms with Crippen LogP contribution in [0.1, 0.15) is 15.9 Å². The monoisotopic (exact) mass is 459 g/mol. The molecule has 3 rings (SSSR count). The first-order chi connectivity index (χ1) is 13.5. The van der Waals surface area contributed by atoms with Crippen molar-refractivity contribution in [2.75, 3.05) is 18.5 Å². The Morgan fingerprint density at radius 3 is 2.50 bits per heavy atom. The lowest BCUT2D eigenvalue weighted by atomic mass is 10.1. The van der Waals surface area contributed by atoms with Crippen molar-refractivity contribution in [2.24, 2.45) is 0 Å². The van der Waals surface area contributed by atoms with E-state index in [4.69, 9.17) is 21.1 Å². The van der Waals surface area contributed by atoms with Crippen LogP contribution in [0.4, 0.5) is 5.69 Å². The molecule has 0 saturated heterocycles. The molecule has 0 fully saturated rings. The zero-order chi connectivity index (χ0) is 19.9. The fraction of sp³-hybridized carbons (Fsp3) is 0.136. The number of aryl methyl sites for hydroxylation is 1. The van der Waals surface area contributed by atoms with Crippen molar-refractivity contribution in [3.05, 3.63) is 87.4 Å². The van der Waals surface area contributed by atoms with Crippen LogP contribution in [0.15, 0.2) is 71.2 Å². The van der Waals surface area contributed by atoms with Gasteiger partial charge in [-0.05, 0) is 70.9 Å². The van der Waals surface area contributed by atoms with Crippen LogP contribution < -0.4 is 14.8 Å². The molecule has 0 aliphatic heterocycles. The number of rotatable bonds is 7. The minimum absolute atomic E-state index is 0.218. The number of nitrogens with one attached hydrogen (secondary N) is 1. The molecule has 0 spiro atoms. The fourth-order valence-corrected chi connectivity index (χ4v) is 3.18. The van der Waals surface area contributed by atoms with E-state index < -0.39 is 0 Å². The summed E-state index contributed by atoms with van der Waals surface area (Å²) in [5, 5.41) is 3.45. The van der Waals surface area contributed by atoms with Crippen molar-refractivity contribution in [2.45, 2.75) is 6.92 Å². The lowest BCUT2D eigenvalue weighted by Crippen LogP contribution is -2.13. The second-order valence-electron chi connectivity index (χ2n) is 6.07. The number of carbonyl (C=O) groups excluding carboxylic acids is 1. The molecule has 0 aliphatic rings. The molecule has 0 aromatic heterocycles. The molecule has 6 heteroatoms. The van der Waals surface area contributed by atoms with Gasteiger partial charge in [-0.1, -0.05) is 35.9 Å². The van der Waals surface area contributed by atoms with Crippen molar-refractivity contribution in [1.29, 1.82) is 0 Å². The highest BCUT2D eigenvalue weighted by molar-refractivity contribution is 9.10. The molecule has 0 radical (unpaired) electrons. The summed E-state index contributed by atoms with van der Waals surface area (Å²) in [5.41, 5.74) is 2.14. The maximum absolute atomic E-state index is 12.5. The summed E-state index contributed by atoms with van der Waals surface area (Å²) in [6.45, 7) is 2.73. The number of hydrogen-bond donors (Lipinski definition) is 1. The SMILES string of the molecule is Cc1ccc(Cl)cc1NC(=O)c1ccc(OCCOc2ccccc2)c(Br)c1. The third-order valence-corrected chi connectivity index (χ3v) is 4.85. The normalized spacial score (nSPS) is 10.4. The Balaban J connectivity index is 1.57. The Kier molecular flexibility index (Phi) is 6.95.